The van der Waals surface area contributed by atoms with Crippen LogP contribution in [0.2, 0.25) is 4.34 Å². The quantitative estimate of drug-likeness (QED) is 0.356. The zero-order chi connectivity index (χ0) is 25.5. The molecule has 0 spiro atoms. The molecule has 1 saturated heterocycles. The molecule has 0 bridgehead atoms. The Balaban J connectivity index is 1.28. The molecule has 1 amide bonds. The minimum atomic E-state index is -0.611. The standard InChI is InChI=1S/C28H29BClNO4S/c1-27(2)28(3,4)35-29(34-27)19(15-18-13-14-36-25(18)30)16-31-26(32)33-17-24-22-11-7-5-9-20(22)21-10-6-8-12-23(21)24/h5-15,24H,16-17H2,1-4H3,(H,31,32). The maximum absolute atomic E-state index is 12.8. The summed E-state index contributed by atoms with van der Waals surface area (Å²) < 4.78 is 18.9. The van der Waals surface area contributed by atoms with Gasteiger partial charge in [-0.2, -0.15) is 0 Å². The number of fused-ring (bicyclic) bond motifs is 3. The topological polar surface area (TPSA) is 56.8 Å². The van der Waals surface area contributed by atoms with Crippen LogP contribution in [0, 0.1) is 0 Å². The molecule has 0 atom stereocenters. The third-order valence-electron chi connectivity index (χ3n) is 7.32. The van der Waals surface area contributed by atoms with Crippen LogP contribution >= 0.6 is 22.9 Å². The summed E-state index contributed by atoms with van der Waals surface area (Å²) in [4.78, 5) is 12.8. The van der Waals surface area contributed by atoms with E-state index in [9.17, 15) is 4.79 Å². The minimum absolute atomic E-state index is 0.00544. The van der Waals surface area contributed by atoms with E-state index in [4.69, 9.17) is 25.6 Å². The maximum Gasteiger partial charge on any atom is 0.492 e. The molecule has 0 saturated carbocycles. The fourth-order valence-corrected chi connectivity index (χ4v) is 5.49. The first kappa shape index (κ1) is 25.1. The molecule has 2 aromatic carbocycles. The zero-order valence-electron chi connectivity index (χ0n) is 20.8. The molecular weight excluding hydrogens is 493 g/mol. The van der Waals surface area contributed by atoms with Gasteiger partial charge in [0.15, 0.2) is 0 Å². The van der Waals surface area contributed by atoms with Gasteiger partial charge in [-0.3, -0.25) is 0 Å². The van der Waals surface area contributed by atoms with Crippen molar-refractivity contribution in [2.24, 2.45) is 0 Å². The summed E-state index contributed by atoms with van der Waals surface area (Å²) in [6.07, 6.45) is 1.43. The summed E-state index contributed by atoms with van der Waals surface area (Å²) in [6.45, 7) is 8.47. The van der Waals surface area contributed by atoms with Crippen molar-refractivity contribution < 1.29 is 18.8 Å². The number of hydrogen-bond acceptors (Lipinski definition) is 5. The molecular formula is C28H29BClNO4S. The second-order valence-corrected chi connectivity index (χ2v) is 11.7. The van der Waals surface area contributed by atoms with E-state index in [1.54, 1.807) is 0 Å². The first-order valence-electron chi connectivity index (χ1n) is 12.0. The summed E-state index contributed by atoms with van der Waals surface area (Å²) in [6, 6.07) is 18.5. The van der Waals surface area contributed by atoms with Gasteiger partial charge < -0.3 is 19.4 Å². The van der Waals surface area contributed by atoms with Gasteiger partial charge >= 0.3 is 13.2 Å². The number of nitrogens with one attached hydrogen (secondary N) is 1. The average Bonchev–Trinajstić information content (AvgIpc) is 3.46. The van der Waals surface area contributed by atoms with Crippen molar-refractivity contribution in [2.75, 3.05) is 13.2 Å². The van der Waals surface area contributed by atoms with Gasteiger partial charge in [0.1, 0.15) is 10.9 Å². The molecule has 3 aromatic rings. The summed E-state index contributed by atoms with van der Waals surface area (Å²) in [5.41, 5.74) is 5.37. The normalized spacial score (nSPS) is 18.1. The lowest BCUT2D eigenvalue weighted by Crippen LogP contribution is -2.41. The van der Waals surface area contributed by atoms with Crippen LogP contribution in [0.1, 0.15) is 50.3 Å². The Morgan fingerprint density at radius 2 is 1.61 bits per heavy atom. The molecule has 186 valence electrons. The third-order valence-corrected chi connectivity index (χ3v) is 8.52. The number of hydrogen-bond donors (Lipinski definition) is 1. The van der Waals surface area contributed by atoms with E-state index in [-0.39, 0.29) is 19.1 Å². The van der Waals surface area contributed by atoms with Crippen LogP contribution in [0.5, 0.6) is 0 Å². The molecule has 5 rings (SSSR count). The largest absolute Gasteiger partial charge is 0.492 e. The van der Waals surface area contributed by atoms with Crippen LogP contribution in [0.3, 0.4) is 0 Å². The van der Waals surface area contributed by atoms with E-state index in [2.05, 4.69) is 29.6 Å². The number of amides is 1. The van der Waals surface area contributed by atoms with Crippen molar-refractivity contribution in [2.45, 2.75) is 44.8 Å². The van der Waals surface area contributed by atoms with Crippen molar-refractivity contribution in [3.8, 4) is 11.1 Å². The number of halogens is 1. The van der Waals surface area contributed by atoms with E-state index >= 15 is 0 Å². The Bertz CT molecular complexity index is 1260. The number of alkyl carbamates (subject to hydrolysis) is 1. The molecule has 1 N–H and O–H groups in total. The average molecular weight is 522 g/mol. The number of carbonyl (C=O) groups is 1. The second-order valence-electron chi connectivity index (χ2n) is 10.1. The molecule has 2 aliphatic rings. The van der Waals surface area contributed by atoms with Gasteiger partial charge in [0, 0.05) is 18.0 Å². The lowest BCUT2D eigenvalue weighted by Gasteiger charge is -2.32. The summed E-state index contributed by atoms with van der Waals surface area (Å²) in [5, 5.41) is 4.81. The van der Waals surface area contributed by atoms with Crippen LogP contribution in [0.4, 0.5) is 4.79 Å². The van der Waals surface area contributed by atoms with Gasteiger partial charge in [-0.05, 0) is 66.9 Å². The van der Waals surface area contributed by atoms with Crippen molar-refractivity contribution in [3.05, 3.63) is 86.5 Å². The maximum atomic E-state index is 12.8. The number of benzene rings is 2. The highest BCUT2D eigenvalue weighted by molar-refractivity contribution is 7.14. The van der Waals surface area contributed by atoms with Crippen molar-refractivity contribution in [1.82, 2.24) is 5.32 Å². The highest BCUT2D eigenvalue weighted by atomic mass is 35.5. The molecule has 8 heteroatoms. The summed E-state index contributed by atoms with van der Waals surface area (Å²) >= 11 is 7.80. The van der Waals surface area contributed by atoms with Crippen LogP contribution in [0.15, 0.2) is 65.4 Å². The predicted octanol–water partition coefficient (Wildman–Crippen LogP) is 6.96. The zero-order valence-corrected chi connectivity index (χ0v) is 22.4. The van der Waals surface area contributed by atoms with Gasteiger partial charge in [0.05, 0.1) is 11.2 Å². The van der Waals surface area contributed by atoms with Gasteiger partial charge in [-0.15, -0.1) is 11.3 Å². The first-order chi connectivity index (χ1) is 17.2. The molecule has 2 heterocycles. The van der Waals surface area contributed by atoms with Crippen LogP contribution in [-0.2, 0) is 14.0 Å². The van der Waals surface area contributed by atoms with Gasteiger partial charge in [-0.1, -0.05) is 66.2 Å². The molecule has 1 aliphatic carbocycles. The van der Waals surface area contributed by atoms with Crippen LogP contribution < -0.4 is 5.32 Å². The second kappa shape index (κ2) is 9.71. The van der Waals surface area contributed by atoms with Crippen molar-refractivity contribution in [3.63, 3.8) is 0 Å². The van der Waals surface area contributed by atoms with E-state index in [1.807, 2.05) is 69.5 Å². The number of rotatable bonds is 6. The monoisotopic (exact) mass is 521 g/mol. The molecule has 0 unspecified atom stereocenters. The lowest BCUT2D eigenvalue weighted by atomic mass is 9.77. The van der Waals surface area contributed by atoms with E-state index in [0.29, 0.717) is 4.34 Å². The fourth-order valence-electron chi connectivity index (χ4n) is 4.63. The van der Waals surface area contributed by atoms with Crippen LogP contribution in [-0.4, -0.2) is 37.6 Å². The molecule has 0 radical (unpaired) electrons. The van der Waals surface area contributed by atoms with E-state index in [1.165, 1.54) is 33.6 Å². The molecule has 1 aromatic heterocycles. The Kier molecular flexibility index (Phi) is 6.77. The highest BCUT2D eigenvalue weighted by Crippen LogP contribution is 2.44. The summed E-state index contributed by atoms with van der Waals surface area (Å²) in [7, 11) is -0.611. The lowest BCUT2D eigenvalue weighted by molar-refractivity contribution is 0.00578. The van der Waals surface area contributed by atoms with Gasteiger partial charge in [0.2, 0.25) is 0 Å². The Morgan fingerprint density at radius 1 is 1.03 bits per heavy atom. The predicted molar refractivity (Wildman–Crippen MR) is 146 cm³/mol. The first-order valence-corrected chi connectivity index (χ1v) is 13.3. The Labute approximate surface area is 221 Å². The van der Waals surface area contributed by atoms with Crippen LogP contribution in [0.25, 0.3) is 17.2 Å². The Morgan fingerprint density at radius 3 is 2.17 bits per heavy atom. The van der Waals surface area contributed by atoms with Gasteiger partial charge in [-0.25, -0.2) is 4.79 Å². The summed E-state index contributed by atoms with van der Waals surface area (Å²) in [5.74, 6) is 0.00544. The molecule has 5 nitrogen and oxygen atoms in total. The number of carbonyl (C=O) groups excluding carboxylic acids is 1. The molecule has 1 fully saturated rings. The minimum Gasteiger partial charge on any atom is -0.449 e. The van der Waals surface area contributed by atoms with Gasteiger partial charge in [0.25, 0.3) is 0 Å². The SMILES string of the molecule is CC1(C)OB(C(=Cc2ccsc2Cl)CNC(=O)OCC2c3ccccc3-c3ccccc32)OC1(C)C. The van der Waals surface area contributed by atoms with Crippen molar-refractivity contribution >= 4 is 42.2 Å². The third kappa shape index (κ3) is 4.73. The van der Waals surface area contributed by atoms with Crippen molar-refractivity contribution in [1.29, 1.82) is 0 Å². The fraction of sp³-hybridized carbons (Fsp3) is 0.321. The number of ether oxygens (including phenoxy) is 1. The molecule has 36 heavy (non-hydrogen) atoms. The number of thiophene rings is 1. The molecule has 1 aliphatic heterocycles. The van der Waals surface area contributed by atoms with E-state index < -0.39 is 24.4 Å². The highest BCUT2D eigenvalue weighted by Gasteiger charge is 2.52. The van der Waals surface area contributed by atoms with E-state index in [0.717, 1.165) is 11.0 Å². The Hall–Kier alpha value is -2.58. The smallest absolute Gasteiger partial charge is 0.449 e.